The van der Waals surface area contributed by atoms with Crippen molar-refractivity contribution in [2.24, 2.45) is 0 Å². The molecule has 7 heteroatoms. The number of carboxylic acids is 1. The van der Waals surface area contributed by atoms with Gasteiger partial charge in [0.2, 0.25) is 0 Å². The third-order valence-electron chi connectivity index (χ3n) is 5.49. The largest absolute Gasteiger partial charge is 0.478 e. The van der Waals surface area contributed by atoms with Gasteiger partial charge in [-0.05, 0) is 45.9 Å². The number of nitrogens with one attached hydrogen (secondary N) is 2. The van der Waals surface area contributed by atoms with Gasteiger partial charge in [0.15, 0.2) is 0 Å². The fraction of sp³-hybridized carbons (Fsp3) is 0.148. The van der Waals surface area contributed by atoms with Crippen molar-refractivity contribution in [1.82, 2.24) is 10.6 Å². The zero-order chi connectivity index (χ0) is 23.9. The van der Waals surface area contributed by atoms with Crippen LogP contribution < -0.4 is 10.6 Å². The van der Waals surface area contributed by atoms with E-state index in [0.717, 1.165) is 22.3 Å². The lowest BCUT2D eigenvalue weighted by molar-refractivity contribution is -0.115. The molecule has 0 saturated carbocycles. The van der Waals surface area contributed by atoms with Gasteiger partial charge in [0.1, 0.15) is 6.61 Å². The van der Waals surface area contributed by atoms with Crippen LogP contribution in [0.15, 0.2) is 72.8 Å². The maximum atomic E-state index is 12.1. The molecule has 0 heterocycles. The minimum absolute atomic E-state index is 0.0327. The van der Waals surface area contributed by atoms with Crippen molar-refractivity contribution >= 4 is 18.0 Å². The lowest BCUT2D eigenvalue weighted by Crippen LogP contribution is -2.27. The molecule has 3 aromatic carbocycles. The Morgan fingerprint density at radius 1 is 0.882 bits per heavy atom. The number of carboxylic acid groups (broad SMARTS) is 1. The summed E-state index contributed by atoms with van der Waals surface area (Å²) in [4.78, 5) is 35.0. The van der Waals surface area contributed by atoms with Crippen LogP contribution in [0, 0.1) is 11.8 Å². The van der Waals surface area contributed by atoms with Crippen LogP contribution in [0.3, 0.4) is 0 Å². The zero-order valence-corrected chi connectivity index (χ0v) is 18.2. The molecule has 0 aliphatic heterocycles. The highest BCUT2D eigenvalue weighted by atomic mass is 16.5. The molecule has 2 amide bonds. The highest BCUT2D eigenvalue weighted by molar-refractivity contribution is 5.93. The molecule has 0 saturated heterocycles. The quantitative estimate of drug-likeness (QED) is 0.494. The Morgan fingerprint density at radius 2 is 1.56 bits per heavy atom. The number of carbonyl (C=O) groups is 3. The van der Waals surface area contributed by atoms with Crippen molar-refractivity contribution in [3.05, 3.63) is 95.1 Å². The number of amides is 2. The smallest absolute Gasteiger partial charge is 0.407 e. The Bertz CT molecular complexity index is 1260. The summed E-state index contributed by atoms with van der Waals surface area (Å²) in [5, 5.41) is 14.1. The minimum Gasteiger partial charge on any atom is -0.478 e. The van der Waals surface area contributed by atoms with Gasteiger partial charge in [-0.25, -0.2) is 9.59 Å². The summed E-state index contributed by atoms with van der Waals surface area (Å²) in [5.41, 5.74) is 5.35. The molecule has 1 aliphatic carbocycles. The van der Waals surface area contributed by atoms with Crippen LogP contribution in [0.5, 0.6) is 0 Å². The number of rotatable bonds is 6. The molecule has 1 aliphatic rings. The Labute approximate surface area is 196 Å². The number of aromatic carboxylic acids is 1. The van der Waals surface area contributed by atoms with E-state index in [1.807, 2.05) is 36.4 Å². The highest BCUT2D eigenvalue weighted by Crippen LogP contribution is 2.44. The summed E-state index contributed by atoms with van der Waals surface area (Å²) in [7, 11) is 0. The molecule has 3 N–H and O–H groups in total. The summed E-state index contributed by atoms with van der Waals surface area (Å²) in [6, 6.07) is 22.4. The van der Waals surface area contributed by atoms with E-state index < -0.39 is 18.0 Å². The standard InChI is InChI=1S/C27H22N2O5/c30-25(29-16-18-7-5-8-19(15-18)26(31)32)13-6-14-28-27(33)34-17-24-22-11-3-1-9-20(22)21-10-2-4-12-23(21)24/h1-5,7-12,15,24H,14,16-17H2,(H,28,33)(H,29,30)(H,31,32). The van der Waals surface area contributed by atoms with Crippen molar-refractivity contribution in [3.8, 4) is 23.0 Å². The molecular weight excluding hydrogens is 432 g/mol. The molecule has 0 aromatic heterocycles. The second-order valence-electron chi connectivity index (χ2n) is 7.67. The Kier molecular flexibility index (Phi) is 6.89. The predicted molar refractivity (Wildman–Crippen MR) is 126 cm³/mol. The summed E-state index contributed by atoms with van der Waals surface area (Å²) in [6.45, 7) is 0.302. The summed E-state index contributed by atoms with van der Waals surface area (Å²) in [5.74, 6) is 3.36. The van der Waals surface area contributed by atoms with Crippen molar-refractivity contribution in [2.45, 2.75) is 12.5 Å². The van der Waals surface area contributed by atoms with Crippen LogP contribution in [0.1, 0.15) is 33.0 Å². The molecule has 34 heavy (non-hydrogen) atoms. The minimum atomic E-state index is -1.03. The number of fused-ring (bicyclic) bond motifs is 3. The van der Waals surface area contributed by atoms with Crippen molar-refractivity contribution in [1.29, 1.82) is 0 Å². The van der Waals surface area contributed by atoms with Crippen molar-refractivity contribution in [2.75, 3.05) is 13.2 Å². The first kappa shape index (κ1) is 22.6. The number of ether oxygens (including phenoxy) is 1. The SMILES string of the molecule is O=C(C#CCNC(=O)OCC1c2ccccc2-c2ccccc21)NCc1cccc(C(=O)O)c1. The first-order chi connectivity index (χ1) is 16.5. The van der Waals surface area contributed by atoms with Crippen molar-refractivity contribution in [3.63, 3.8) is 0 Å². The molecular formula is C27H22N2O5. The van der Waals surface area contributed by atoms with E-state index in [1.165, 1.54) is 12.1 Å². The monoisotopic (exact) mass is 454 g/mol. The van der Waals surface area contributed by atoms with Gasteiger partial charge in [0, 0.05) is 12.5 Å². The maximum absolute atomic E-state index is 12.1. The molecule has 170 valence electrons. The Hall–Kier alpha value is -4.57. The van der Waals surface area contributed by atoms with Gasteiger partial charge in [0.25, 0.3) is 5.91 Å². The molecule has 0 radical (unpaired) electrons. The summed E-state index contributed by atoms with van der Waals surface area (Å²) >= 11 is 0. The number of carbonyl (C=O) groups excluding carboxylic acids is 2. The fourth-order valence-corrected chi connectivity index (χ4v) is 3.93. The molecule has 4 rings (SSSR count). The maximum Gasteiger partial charge on any atom is 0.407 e. The number of hydrogen-bond donors (Lipinski definition) is 3. The van der Waals surface area contributed by atoms with Gasteiger partial charge in [-0.3, -0.25) is 4.79 Å². The molecule has 3 aromatic rings. The number of benzene rings is 3. The van der Waals surface area contributed by atoms with Gasteiger partial charge in [-0.2, -0.15) is 0 Å². The van der Waals surface area contributed by atoms with Gasteiger partial charge < -0.3 is 20.5 Å². The first-order valence-corrected chi connectivity index (χ1v) is 10.7. The van der Waals surface area contributed by atoms with E-state index in [9.17, 15) is 14.4 Å². The Balaban J connectivity index is 1.23. The number of alkyl carbamates (subject to hydrolysis) is 1. The topological polar surface area (TPSA) is 105 Å². The second kappa shape index (κ2) is 10.4. The summed E-state index contributed by atoms with van der Waals surface area (Å²) in [6.07, 6.45) is -0.609. The van der Waals surface area contributed by atoms with Gasteiger partial charge in [-0.1, -0.05) is 66.6 Å². The van der Waals surface area contributed by atoms with E-state index in [4.69, 9.17) is 9.84 Å². The fourth-order valence-electron chi connectivity index (χ4n) is 3.93. The number of hydrogen-bond acceptors (Lipinski definition) is 4. The average Bonchev–Trinajstić information content (AvgIpc) is 3.18. The third-order valence-corrected chi connectivity index (χ3v) is 5.49. The average molecular weight is 454 g/mol. The van der Waals surface area contributed by atoms with E-state index in [2.05, 4.69) is 34.6 Å². The van der Waals surface area contributed by atoms with E-state index in [0.29, 0.717) is 5.56 Å². The molecule has 0 unspecified atom stereocenters. The van der Waals surface area contributed by atoms with Crippen LogP contribution >= 0.6 is 0 Å². The van der Waals surface area contributed by atoms with Crippen LogP contribution in [-0.4, -0.2) is 36.2 Å². The zero-order valence-electron chi connectivity index (χ0n) is 18.2. The second-order valence-corrected chi connectivity index (χ2v) is 7.67. The van der Waals surface area contributed by atoms with Crippen LogP contribution in [0.2, 0.25) is 0 Å². The van der Waals surface area contributed by atoms with Gasteiger partial charge in [0.05, 0.1) is 12.1 Å². The van der Waals surface area contributed by atoms with Crippen molar-refractivity contribution < 1.29 is 24.2 Å². The van der Waals surface area contributed by atoms with E-state index in [1.54, 1.807) is 12.1 Å². The van der Waals surface area contributed by atoms with Crippen LogP contribution in [0.4, 0.5) is 4.79 Å². The Morgan fingerprint density at radius 3 is 2.24 bits per heavy atom. The van der Waals surface area contributed by atoms with E-state index in [-0.39, 0.29) is 31.2 Å². The highest BCUT2D eigenvalue weighted by Gasteiger charge is 2.28. The lowest BCUT2D eigenvalue weighted by Gasteiger charge is -2.14. The van der Waals surface area contributed by atoms with Crippen LogP contribution in [-0.2, 0) is 16.1 Å². The molecule has 0 fully saturated rings. The third kappa shape index (κ3) is 5.25. The van der Waals surface area contributed by atoms with E-state index >= 15 is 0 Å². The van der Waals surface area contributed by atoms with Crippen LogP contribution in [0.25, 0.3) is 11.1 Å². The lowest BCUT2D eigenvalue weighted by atomic mass is 9.98. The van der Waals surface area contributed by atoms with Gasteiger partial charge >= 0.3 is 12.1 Å². The molecule has 0 bridgehead atoms. The first-order valence-electron chi connectivity index (χ1n) is 10.7. The normalized spacial score (nSPS) is 11.4. The predicted octanol–water partition coefficient (Wildman–Crippen LogP) is 3.54. The summed E-state index contributed by atoms with van der Waals surface area (Å²) < 4.78 is 5.42. The molecule has 0 spiro atoms. The molecule has 7 nitrogen and oxygen atoms in total. The van der Waals surface area contributed by atoms with Gasteiger partial charge in [-0.15, -0.1) is 0 Å². The molecule has 0 atom stereocenters.